The second kappa shape index (κ2) is 6.20. The molecule has 3 aromatic rings. The van der Waals surface area contributed by atoms with Crippen molar-refractivity contribution in [2.24, 2.45) is 0 Å². The van der Waals surface area contributed by atoms with E-state index < -0.39 is 9.84 Å². The summed E-state index contributed by atoms with van der Waals surface area (Å²) < 4.78 is 24.8. The summed E-state index contributed by atoms with van der Waals surface area (Å²) in [7, 11) is -3.41. The average molecular weight is 350 g/mol. The van der Waals surface area contributed by atoms with Crippen LogP contribution in [0.4, 0.5) is 0 Å². The summed E-state index contributed by atoms with van der Waals surface area (Å²) in [6, 6.07) is 15.9. The third kappa shape index (κ3) is 3.38. The molecule has 0 aliphatic rings. The van der Waals surface area contributed by atoms with Crippen molar-refractivity contribution in [2.45, 2.75) is 10.6 Å². The van der Waals surface area contributed by atoms with E-state index in [1.54, 1.807) is 12.1 Å². The molecule has 1 heterocycles. The molecule has 0 aliphatic carbocycles. The first-order valence-corrected chi connectivity index (χ1v) is 9.44. The van der Waals surface area contributed by atoms with Crippen LogP contribution in [0.15, 0.2) is 64.9 Å². The monoisotopic (exact) mass is 349 g/mol. The van der Waals surface area contributed by atoms with Gasteiger partial charge < -0.3 is 0 Å². The van der Waals surface area contributed by atoms with E-state index in [2.05, 4.69) is 4.98 Å². The van der Waals surface area contributed by atoms with Crippen LogP contribution in [0.5, 0.6) is 0 Å². The van der Waals surface area contributed by atoms with Crippen LogP contribution in [-0.4, -0.2) is 13.4 Å². The van der Waals surface area contributed by atoms with Gasteiger partial charge in [0.25, 0.3) is 0 Å². The minimum atomic E-state index is -3.41. The minimum Gasteiger partial charge on any atom is -0.240 e. The third-order valence-electron chi connectivity index (χ3n) is 3.11. The van der Waals surface area contributed by atoms with Gasteiger partial charge in [-0.05, 0) is 24.3 Å². The number of halogens is 1. The highest BCUT2D eigenvalue weighted by molar-refractivity contribution is 7.90. The lowest BCUT2D eigenvalue weighted by Gasteiger charge is -2.02. The second-order valence-corrected chi connectivity index (χ2v) is 8.07. The van der Waals surface area contributed by atoms with E-state index in [9.17, 15) is 8.42 Å². The zero-order valence-corrected chi connectivity index (χ0v) is 13.8. The van der Waals surface area contributed by atoms with E-state index in [0.29, 0.717) is 10.0 Å². The summed E-state index contributed by atoms with van der Waals surface area (Å²) in [5.41, 5.74) is 1.78. The highest BCUT2D eigenvalue weighted by Gasteiger charge is 2.17. The van der Waals surface area contributed by atoms with Gasteiger partial charge in [-0.2, -0.15) is 0 Å². The van der Waals surface area contributed by atoms with Crippen molar-refractivity contribution in [3.63, 3.8) is 0 Å². The van der Waals surface area contributed by atoms with Crippen molar-refractivity contribution in [2.75, 3.05) is 0 Å². The summed E-state index contributed by atoms with van der Waals surface area (Å²) in [4.78, 5) is 4.68. The summed E-state index contributed by atoms with van der Waals surface area (Å²) in [6.45, 7) is 0. The molecule has 3 rings (SSSR count). The lowest BCUT2D eigenvalue weighted by atomic mass is 10.2. The van der Waals surface area contributed by atoms with E-state index in [4.69, 9.17) is 11.6 Å². The van der Waals surface area contributed by atoms with E-state index >= 15 is 0 Å². The molecular formula is C16H12ClNO2S2. The van der Waals surface area contributed by atoms with Gasteiger partial charge in [0, 0.05) is 16.0 Å². The van der Waals surface area contributed by atoms with Crippen LogP contribution in [0.2, 0.25) is 5.02 Å². The minimum absolute atomic E-state index is 0.105. The topological polar surface area (TPSA) is 47.0 Å². The summed E-state index contributed by atoms with van der Waals surface area (Å²) in [6.07, 6.45) is 0. The molecule has 0 unspecified atom stereocenters. The standard InChI is InChI=1S/C16H12ClNO2S2/c17-13-6-8-14(9-7-13)22(19,20)11-16-18-15(10-21-16)12-4-2-1-3-5-12/h1-10H,11H2. The van der Waals surface area contributed by atoms with Gasteiger partial charge in [-0.25, -0.2) is 13.4 Å². The number of aromatic nitrogens is 1. The zero-order chi connectivity index (χ0) is 15.6. The van der Waals surface area contributed by atoms with Crippen molar-refractivity contribution in [3.05, 3.63) is 70.0 Å². The zero-order valence-electron chi connectivity index (χ0n) is 11.4. The molecule has 0 radical (unpaired) electrons. The van der Waals surface area contributed by atoms with E-state index in [1.165, 1.54) is 23.5 Å². The summed E-state index contributed by atoms with van der Waals surface area (Å²) in [5.74, 6) is -0.105. The molecule has 0 aliphatic heterocycles. The number of nitrogens with zero attached hydrogens (tertiary/aromatic N) is 1. The maximum atomic E-state index is 12.4. The van der Waals surface area contributed by atoms with E-state index in [0.717, 1.165) is 11.3 Å². The van der Waals surface area contributed by atoms with Gasteiger partial charge >= 0.3 is 0 Å². The molecule has 112 valence electrons. The van der Waals surface area contributed by atoms with Gasteiger partial charge in [-0.3, -0.25) is 0 Å². The van der Waals surface area contributed by atoms with Gasteiger partial charge in [0.2, 0.25) is 0 Å². The Balaban J connectivity index is 1.84. The molecule has 0 spiro atoms. The van der Waals surface area contributed by atoms with Gasteiger partial charge in [-0.1, -0.05) is 41.9 Å². The van der Waals surface area contributed by atoms with Crippen molar-refractivity contribution >= 4 is 32.8 Å². The Morgan fingerprint density at radius 2 is 1.68 bits per heavy atom. The van der Waals surface area contributed by atoms with Crippen LogP contribution < -0.4 is 0 Å². The predicted molar refractivity (Wildman–Crippen MR) is 89.9 cm³/mol. The molecule has 3 nitrogen and oxygen atoms in total. The fourth-order valence-corrected chi connectivity index (χ4v) is 4.56. The average Bonchev–Trinajstić information content (AvgIpc) is 2.96. The Morgan fingerprint density at radius 1 is 1.00 bits per heavy atom. The highest BCUT2D eigenvalue weighted by Crippen LogP contribution is 2.25. The second-order valence-electron chi connectivity index (χ2n) is 4.71. The maximum absolute atomic E-state index is 12.4. The number of hydrogen-bond donors (Lipinski definition) is 0. The Hall–Kier alpha value is -1.69. The Bertz CT molecular complexity index is 872. The van der Waals surface area contributed by atoms with Crippen LogP contribution in [0.3, 0.4) is 0 Å². The Labute approximate surface area is 138 Å². The third-order valence-corrected chi connectivity index (χ3v) is 6.03. The number of hydrogen-bond acceptors (Lipinski definition) is 4. The van der Waals surface area contributed by atoms with E-state index in [-0.39, 0.29) is 10.6 Å². The number of rotatable bonds is 4. The molecule has 0 fully saturated rings. The number of thiazole rings is 1. The molecule has 0 bridgehead atoms. The van der Waals surface area contributed by atoms with Gasteiger partial charge in [0.1, 0.15) is 10.8 Å². The van der Waals surface area contributed by atoms with Crippen molar-refractivity contribution in [3.8, 4) is 11.3 Å². The van der Waals surface area contributed by atoms with Gasteiger partial charge in [0.05, 0.1) is 10.6 Å². The lowest BCUT2D eigenvalue weighted by molar-refractivity contribution is 0.595. The smallest absolute Gasteiger partial charge is 0.184 e. The fourth-order valence-electron chi connectivity index (χ4n) is 2.01. The van der Waals surface area contributed by atoms with Crippen LogP contribution in [-0.2, 0) is 15.6 Å². The highest BCUT2D eigenvalue weighted by atomic mass is 35.5. The van der Waals surface area contributed by atoms with Crippen LogP contribution in [0.1, 0.15) is 5.01 Å². The number of sulfone groups is 1. The first-order valence-electron chi connectivity index (χ1n) is 6.53. The molecule has 0 N–H and O–H groups in total. The molecule has 0 saturated heterocycles. The van der Waals surface area contributed by atoms with Gasteiger partial charge in [0.15, 0.2) is 9.84 Å². The molecule has 6 heteroatoms. The molecule has 0 amide bonds. The molecule has 1 aromatic heterocycles. The first-order chi connectivity index (χ1) is 10.5. The Morgan fingerprint density at radius 3 is 2.36 bits per heavy atom. The fraction of sp³-hybridized carbons (Fsp3) is 0.0625. The van der Waals surface area contributed by atoms with E-state index in [1.807, 2.05) is 35.7 Å². The van der Waals surface area contributed by atoms with Crippen LogP contribution in [0.25, 0.3) is 11.3 Å². The van der Waals surface area contributed by atoms with Crippen molar-refractivity contribution < 1.29 is 8.42 Å². The molecule has 22 heavy (non-hydrogen) atoms. The molecule has 2 aromatic carbocycles. The predicted octanol–water partition coefficient (Wildman–Crippen LogP) is 4.44. The largest absolute Gasteiger partial charge is 0.240 e. The maximum Gasteiger partial charge on any atom is 0.184 e. The SMILES string of the molecule is O=S(=O)(Cc1nc(-c2ccccc2)cs1)c1ccc(Cl)cc1. The first kappa shape index (κ1) is 15.2. The van der Waals surface area contributed by atoms with Crippen molar-refractivity contribution in [1.82, 2.24) is 4.98 Å². The molecule has 0 atom stereocenters. The Kier molecular flexibility index (Phi) is 4.29. The van der Waals surface area contributed by atoms with Crippen LogP contribution >= 0.6 is 22.9 Å². The molecular weight excluding hydrogens is 338 g/mol. The van der Waals surface area contributed by atoms with Gasteiger partial charge in [-0.15, -0.1) is 11.3 Å². The number of benzene rings is 2. The lowest BCUT2D eigenvalue weighted by Crippen LogP contribution is -2.04. The van der Waals surface area contributed by atoms with Crippen LogP contribution in [0, 0.1) is 0 Å². The summed E-state index contributed by atoms with van der Waals surface area (Å²) in [5, 5.41) is 2.97. The summed E-state index contributed by atoms with van der Waals surface area (Å²) >= 11 is 7.14. The normalized spacial score (nSPS) is 11.5. The molecule has 0 saturated carbocycles. The van der Waals surface area contributed by atoms with Crippen molar-refractivity contribution in [1.29, 1.82) is 0 Å². The quantitative estimate of drug-likeness (QED) is 0.699.